The van der Waals surface area contributed by atoms with Crippen molar-refractivity contribution in [3.63, 3.8) is 0 Å². The van der Waals surface area contributed by atoms with Gasteiger partial charge in [0.2, 0.25) is 11.8 Å². The van der Waals surface area contributed by atoms with Gasteiger partial charge in [0.15, 0.2) is 0 Å². The number of carbonyl (C=O) groups excluding carboxylic acids is 2. The summed E-state index contributed by atoms with van der Waals surface area (Å²) in [6, 6.07) is 0. The van der Waals surface area contributed by atoms with Gasteiger partial charge in [0.25, 0.3) is 0 Å². The Labute approximate surface area is 122 Å². The second-order valence-electron chi connectivity index (χ2n) is 6.86. The van der Waals surface area contributed by atoms with Crippen molar-refractivity contribution >= 4 is 11.8 Å². The zero-order chi connectivity index (χ0) is 15.2. The third kappa shape index (κ3) is 6.89. The molecule has 0 aromatic rings. The minimum atomic E-state index is -0.261. The van der Waals surface area contributed by atoms with E-state index in [2.05, 4.69) is 22.9 Å². The van der Waals surface area contributed by atoms with Gasteiger partial charge < -0.3 is 16.0 Å². The largest absolute Gasteiger partial charge is 0.350 e. The molecule has 0 aromatic carbocycles. The Kier molecular flexibility index (Phi) is 6.46. The van der Waals surface area contributed by atoms with Gasteiger partial charge in [-0.25, -0.2) is 0 Å². The minimum absolute atomic E-state index is 0.0351. The van der Waals surface area contributed by atoms with Crippen LogP contribution in [0, 0.1) is 11.8 Å². The molecule has 2 atom stereocenters. The molecule has 1 aliphatic rings. The molecule has 1 saturated heterocycles. The quantitative estimate of drug-likeness (QED) is 0.706. The Bertz CT molecular complexity index is 331. The van der Waals surface area contributed by atoms with Gasteiger partial charge in [-0.1, -0.05) is 6.92 Å². The summed E-state index contributed by atoms with van der Waals surface area (Å²) in [6.45, 7) is 10.0. The van der Waals surface area contributed by atoms with Crippen LogP contribution in [-0.2, 0) is 9.59 Å². The number of hydrogen-bond acceptors (Lipinski definition) is 3. The number of piperidine rings is 1. The monoisotopic (exact) mass is 283 g/mol. The maximum Gasteiger partial charge on any atom is 0.239 e. The molecule has 5 nitrogen and oxygen atoms in total. The van der Waals surface area contributed by atoms with Crippen molar-refractivity contribution in [2.24, 2.45) is 11.8 Å². The van der Waals surface area contributed by atoms with Gasteiger partial charge in [-0.15, -0.1) is 0 Å². The summed E-state index contributed by atoms with van der Waals surface area (Å²) in [5.41, 5.74) is -0.261. The summed E-state index contributed by atoms with van der Waals surface area (Å²) in [5, 5.41) is 8.90. The summed E-state index contributed by atoms with van der Waals surface area (Å²) in [6.07, 6.45) is 2.87. The van der Waals surface area contributed by atoms with Gasteiger partial charge >= 0.3 is 0 Å². The molecule has 1 heterocycles. The SMILES string of the molecule is CC(CC(=O)NCC(=O)NC(C)(C)C)C1CCCNC1. The van der Waals surface area contributed by atoms with Gasteiger partial charge in [-0.2, -0.15) is 0 Å². The molecule has 0 bridgehead atoms. The Morgan fingerprint density at radius 3 is 2.55 bits per heavy atom. The first-order valence-corrected chi connectivity index (χ1v) is 7.56. The van der Waals surface area contributed by atoms with E-state index in [1.165, 1.54) is 12.8 Å². The average molecular weight is 283 g/mol. The van der Waals surface area contributed by atoms with E-state index in [4.69, 9.17) is 0 Å². The van der Waals surface area contributed by atoms with E-state index in [1.807, 2.05) is 20.8 Å². The normalized spacial score (nSPS) is 21.1. The lowest BCUT2D eigenvalue weighted by atomic mass is 9.85. The van der Waals surface area contributed by atoms with Crippen LogP contribution >= 0.6 is 0 Å². The molecular formula is C15H29N3O2. The molecule has 0 spiro atoms. The van der Waals surface area contributed by atoms with Crippen molar-refractivity contribution in [3.8, 4) is 0 Å². The van der Waals surface area contributed by atoms with E-state index in [1.54, 1.807) is 0 Å². The summed E-state index contributed by atoms with van der Waals surface area (Å²) < 4.78 is 0. The van der Waals surface area contributed by atoms with Crippen molar-refractivity contribution in [2.75, 3.05) is 19.6 Å². The Hall–Kier alpha value is -1.10. The second kappa shape index (κ2) is 7.62. The first kappa shape index (κ1) is 17.0. The molecule has 116 valence electrons. The molecule has 3 N–H and O–H groups in total. The lowest BCUT2D eigenvalue weighted by Gasteiger charge is -2.28. The van der Waals surface area contributed by atoms with Crippen LogP contribution in [0.25, 0.3) is 0 Å². The van der Waals surface area contributed by atoms with Crippen molar-refractivity contribution in [1.82, 2.24) is 16.0 Å². The number of hydrogen-bond donors (Lipinski definition) is 3. The van der Waals surface area contributed by atoms with Crippen molar-refractivity contribution in [2.45, 2.75) is 52.5 Å². The molecule has 1 aliphatic heterocycles. The minimum Gasteiger partial charge on any atom is -0.350 e. The van der Waals surface area contributed by atoms with Crippen LogP contribution in [0.4, 0.5) is 0 Å². The zero-order valence-corrected chi connectivity index (χ0v) is 13.2. The molecule has 0 saturated carbocycles. The topological polar surface area (TPSA) is 70.2 Å². The second-order valence-corrected chi connectivity index (χ2v) is 6.86. The maximum absolute atomic E-state index is 11.9. The highest BCUT2D eigenvalue weighted by Gasteiger charge is 2.22. The molecule has 0 aliphatic carbocycles. The fourth-order valence-electron chi connectivity index (χ4n) is 2.54. The fourth-order valence-corrected chi connectivity index (χ4v) is 2.54. The molecule has 0 radical (unpaired) electrons. The van der Waals surface area contributed by atoms with E-state index < -0.39 is 0 Å². The molecule has 1 fully saturated rings. The molecule has 1 rings (SSSR count). The van der Waals surface area contributed by atoms with Crippen LogP contribution in [0.15, 0.2) is 0 Å². The van der Waals surface area contributed by atoms with Gasteiger partial charge in [0.05, 0.1) is 6.54 Å². The molecule has 2 amide bonds. The summed E-state index contributed by atoms with van der Waals surface area (Å²) >= 11 is 0. The third-order valence-electron chi connectivity index (χ3n) is 3.61. The number of nitrogens with one attached hydrogen (secondary N) is 3. The molecule has 2 unspecified atom stereocenters. The van der Waals surface area contributed by atoms with Crippen LogP contribution < -0.4 is 16.0 Å². The first-order valence-electron chi connectivity index (χ1n) is 7.56. The summed E-state index contributed by atoms with van der Waals surface area (Å²) in [4.78, 5) is 23.5. The Morgan fingerprint density at radius 1 is 1.30 bits per heavy atom. The molecule has 20 heavy (non-hydrogen) atoms. The van der Waals surface area contributed by atoms with Crippen LogP contribution in [0.3, 0.4) is 0 Å². The van der Waals surface area contributed by atoms with E-state index in [0.717, 1.165) is 13.1 Å². The summed E-state index contributed by atoms with van der Waals surface area (Å²) in [7, 11) is 0. The highest BCUT2D eigenvalue weighted by molar-refractivity contribution is 5.85. The van der Waals surface area contributed by atoms with Crippen LogP contribution in [0.2, 0.25) is 0 Å². The van der Waals surface area contributed by atoms with Crippen LogP contribution in [0.5, 0.6) is 0 Å². The highest BCUT2D eigenvalue weighted by Crippen LogP contribution is 2.22. The standard InChI is InChI=1S/C15H29N3O2/c1-11(12-6-5-7-16-9-12)8-13(19)17-10-14(20)18-15(2,3)4/h11-12,16H,5-10H2,1-4H3,(H,17,19)(H,18,20). The Balaban J connectivity index is 2.24. The lowest BCUT2D eigenvalue weighted by molar-refractivity contribution is -0.127. The highest BCUT2D eigenvalue weighted by atomic mass is 16.2. The van der Waals surface area contributed by atoms with E-state index in [-0.39, 0.29) is 23.9 Å². The first-order chi connectivity index (χ1) is 9.28. The molecular weight excluding hydrogens is 254 g/mol. The van der Waals surface area contributed by atoms with Gasteiger partial charge in [0, 0.05) is 12.0 Å². The van der Waals surface area contributed by atoms with E-state index in [9.17, 15) is 9.59 Å². The smallest absolute Gasteiger partial charge is 0.239 e. The fraction of sp³-hybridized carbons (Fsp3) is 0.867. The predicted octanol–water partition coefficient (Wildman–Crippen LogP) is 1.04. The average Bonchev–Trinajstić information content (AvgIpc) is 2.35. The third-order valence-corrected chi connectivity index (χ3v) is 3.61. The van der Waals surface area contributed by atoms with E-state index in [0.29, 0.717) is 18.3 Å². The summed E-state index contributed by atoms with van der Waals surface area (Å²) in [5.74, 6) is 0.747. The van der Waals surface area contributed by atoms with Crippen molar-refractivity contribution in [1.29, 1.82) is 0 Å². The Morgan fingerprint density at radius 2 is 2.00 bits per heavy atom. The zero-order valence-electron chi connectivity index (χ0n) is 13.2. The van der Waals surface area contributed by atoms with Gasteiger partial charge in [0.1, 0.15) is 0 Å². The van der Waals surface area contributed by atoms with E-state index >= 15 is 0 Å². The number of rotatable bonds is 5. The molecule has 5 heteroatoms. The van der Waals surface area contributed by atoms with Gasteiger partial charge in [-0.05, 0) is 58.5 Å². The molecule has 0 aromatic heterocycles. The van der Waals surface area contributed by atoms with Crippen molar-refractivity contribution < 1.29 is 9.59 Å². The maximum atomic E-state index is 11.9. The van der Waals surface area contributed by atoms with Gasteiger partial charge in [-0.3, -0.25) is 9.59 Å². The number of carbonyl (C=O) groups is 2. The predicted molar refractivity (Wildman–Crippen MR) is 80.3 cm³/mol. The lowest BCUT2D eigenvalue weighted by Crippen LogP contribution is -2.46. The van der Waals surface area contributed by atoms with Crippen LogP contribution in [-0.4, -0.2) is 37.0 Å². The number of amides is 2. The van der Waals surface area contributed by atoms with Crippen LogP contribution in [0.1, 0.15) is 47.0 Å². The van der Waals surface area contributed by atoms with Crippen molar-refractivity contribution in [3.05, 3.63) is 0 Å².